The molecule has 4 rings (SSSR count). The summed E-state index contributed by atoms with van der Waals surface area (Å²) >= 11 is 0. The van der Waals surface area contributed by atoms with Gasteiger partial charge in [0.15, 0.2) is 0 Å². The fourth-order valence-electron chi connectivity index (χ4n) is 3.21. The van der Waals surface area contributed by atoms with E-state index in [1.165, 1.54) is 16.7 Å². The highest BCUT2D eigenvalue weighted by atomic mass is 19.1. The van der Waals surface area contributed by atoms with Crippen LogP contribution in [0.5, 0.6) is 5.75 Å². The van der Waals surface area contributed by atoms with Crippen LogP contribution in [0.15, 0.2) is 82.4 Å². The Kier molecular flexibility index (Phi) is 4.53. The van der Waals surface area contributed by atoms with E-state index in [2.05, 4.69) is 0 Å². The van der Waals surface area contributed by atoms with Crippen molar-refractivity contribution in [3.05, 3.63) is 105 Å². The van der Waals surface area contributed by atoms with Gasteiger partial charge >= 0.3 is 5.69 Å². The van der Waals surface area contributed by atoms with E-state index < -0.39 is 5.69 Å². The first-order valence-electron chi connectivity index (χ1n) is 8.72. The van der Waals surface area contributed by atoms with Crippen molar-refractivity contribution < 1.29 is 9.13 Å². The van der Waals surface area contributed by atoms with E-state index >= 15 is 0 Å². The van der Waals surface area contributed by atoms with Crippen LogP contribution in [0.1, 0.15) is 5.56 Å². The van der Waals surface area contributed by atoms with Gasteiger partial charge in [0.05, 0.1) is 30.2 Å². The topological polar surface area (TPSA) is 53.2 Å². The molecule has 1 aromatic heterocycles. The number of aromatic nitrogens is 2. The first-order valence-corrected chi connectivity index (χ1v) is 8.72. The van der Waals surface area contributed by atoms with Crippen molar-refractivity contribution in [3.63, 3.8) is 0 Å². The van der Waals surface area contributed by atoms with Gasteiger partial charge in [-0.25, -0.2) is 13.8 Å². The number of fused-ring (bicyclic) bond motifs is 1. The maximum atomic E-state index is 13.3. The Morgan fingerprint density at radius 2 is 1.57 bits per heavy atom. The molecular formula is C22H17FN2O3. The molecule has 1 heterocycles. The largest absolute Gasteiger partial charge is 0.497 e. The Hall–Kier alpha value is -3.67. The summed E-state index contributed by atoms with van der Waals surface area (Å²) in [7, 11) is 1.55. The average molecular weight is 376 g/mol. The zero-order valence-electron chi connectivity index (χ0n) is 15.1. The number of hydrogen-bond donors (Lipinski definition) is 0. The molecule has 0 spiro atoms. The number of rotatable bonds is 4. The third kappa shape index (κ3) is 3.09. The van der Waals surface area contributed by atoms with Gasteiger partial charge < -0.3 is 4.74 Å². The second-order valence-electron chi connectivity index (χ2n) is 6.35. The van der Waals surface area contributed by atoms with Crippen LogP contribution >= 0.6 is 0 Å². The van der Waals surface area contributed by atoms with Crippen molar-refractivity contribution in [1.82, 2.24) is 9.13 Å². The summed E-state index contributed by atoms with van der Waals surface area (Å²) < 4.78 is 21.0. The highest BCUT2D eigenvalue weighted by molar-refractivity contribution is 5.78. The van der Waals surface area contributed by atoms with Crippen molar-refractivity contribution in [2.24, 2.45) is 0 Å². The maximum absolute atomic E-state index is 13.3. The molecule has 0 amide bonds. The number of hydrogen-bond acceptors (Lipinski definition) is 3. The zero-order valence-corrected chi connectivity index (χ0v) is 15.1. The Morgan fingerprint density at radius 1 is 0.893 bits per heavy atom. The standard InChI is InChI=1S/C22H17FN2O3/c1-28-18-12-10-17(11-13-18)25-21(26)19-4-2-3-5-20(19)24(22(25)27)14-15-6-8-16(23)9-7-15/h2-13H,14H2,1H3. The SMILES string of the molecule is COc1ccc(-n2c(=O)c3ccccc3n(Cc3ccc(F)cc3)c2=O)cc1. The van der Waals surface area contributed by atoms with E-state index in [4.69, 9.17) is 4.74 Å². The van der Waals surface area contributed by atoms with E-state index in [9.17, 15) is 14.0 Å². The van der Waals surface area contributed by atoms with Crippen LogP contribution < -0.4 is 16.0 Å². The fourth-order valence-corrected chi connectivity index (χ4v) is 3.21. The molecule has 0 unspecified atom stereocenters. The molecule has 3 aromatic carbocycles. The lowest BCUT2D eigenvalue weighted by molar-refractivity contribution is 0.414. The third-order valence-corrected chi connectivity index (χ3v) is 4.64. The maximum Gasteiger partial charge on any atom is 0.336 e. The summed E-state index contributed by atoms with van der Waals surface area (Å²) in [5, 5.41) is 0.431. The molecule has 0 bridgehead atoms. The van der Waals surface area contributed by atoms with Crippen LogP contribution in [0, 0.1) is 5.82 Å². The predicted molar refractivity (Wildman–Crippen MR) is 106 cm³/mol. The number of para-hydroxylation sites is 1. The highest BCUT2D eigenvalue weighted by Crippen LogP contribution is 2.15. The van der Waals surface area contributed by atoms with Gasteiger partial charge in [-0.15, -0.1) is 0 Å². The minimum atomic E-state index is -0.460. The van der Waals surface area contributed by atoms with Crippen molar-refractivity contribution in [1.29, 1.82) is 0 Å². The van der Waals surface area contributed by atoms with Gasteiger partial charge in [0, 0.05) is 0 Å². The van der Waals surface area contributed by atoms with Gasteiger partial charge in [0.25, 0.3) is 5.56 Å². The molecule has 0 aliphatic rings. The molecule has 0 saturated carbocycles. The minimum absolute atomic E-state index is 0.218. The number of ether oxygens (including phenoxy) is 1. The molecule has 0 radical (unpaired) electrons. The molecule has 0 aliphatic carbocycles. The first kappa shape index (κ1) is 17.7. The zero-order chi connectivity index (χ0) is 19.7. The van der Waals surface area contributed by atoms with Crippen LogP contribution in [0.25, 0.3) is 16.6 Å². The molecule has 140 valence electrons. The summed E-state index contributed by atoms with van der Waals surface area (Å²) in [6.07, 6.45) is 0. The van der Waals surface area contributed by atoms with Gasteiger partial charge in [0.2, 0.25) is 0 Å². The smallest absolute Gasteiger partial charge is 0.336 e. The Labute approximate surface area is 159 Å². The average Bonchev–Trinajstić information content (AvgIpc) is 2.73. The van der Waals surface area contributed by atoms with Crippen LogP contribution in [-0.2, 0) is 6.54 Å². The van der Waals surface area contributed by atoms with Crippen LogP contribution in [0.3, 0.4) is 0 Å². The number of halogens is 1. The molecule has 0 fully saturated rings. The van der Waals surface area contributed by atoms with Crippen molar-refractivity contribution in [3.8, 4) is 11.4 Å². The summed E-state index contributed by atoms with van der Waals surface area (Å²) in [5.41, 5.74) is 0.897. The van der Waals surface area contributed by atoms with Crippen LogP contribution in [0.4, 0.5) is 4.39 Å². The molecule has 4 aromatic rings. The lowest BCUT2D eigenvalue weighted by Crippen LogP contribution is -2.39. The monoisotopic (exact) mass is 376 g/mol. The van der Waals surface area contributed by atoms with Gasteiger partial charge in [-0.1, -0.05) is 24.3 Å². The summed E-state index contributed by atoms with van der Waals surface area (Å²) in [6.45, 7) is 0.218. The lowest BCUT2D eigenvalue weighted by Gasteiger charge is -2.14. The molecule has 0 atom stereocenters. The normalized spacial score (nSPS) is 10.9. The van der Waals surface area contributed by atoms with Crippen molar-refractivity contribution >= 4 is 10.9 Å². The lowest BCUT2D eigenvalue weighted by atomic mass is 10.2. The third-order valence-electron chi connectivity index (χ3n) is 4.64. The molecular weight excluding hydrogens is 359 g/mol. The first-order chi connectivity index (χ1) is 13.6. The van der Waals surface area contributed by atoms with Gasteiger partial charge in [0.1, 0.15) is 11.6 Å². The number of nitrogens with zero attached hydrogens (tertiary/aromatic N) is 2. The van der Waals surface area contributed by atoms with Gasteiger partial charge in [-0.05, 0) is 54.1 Å². The highest BCUT2D eigenvalue weighted by Gasteiger charge is 2.14. The number of methoxy groups -OCH3 is 1. The molecule has 6 heteroatoms. The quantitative estimate of drug-likeness (QED) is 0.549. The minimum Gasteiger partial charge on any atom is -0.497 e. The Balaban J connectivity index is 1.96. The fraction of sp³-hybridized carbons (Fsp3) is 0.0909. The van der Waals surface area contributed by atoms with E-state index in [1.807, 2.05) is 0 Å². The van der Waals surface area contributed by atoms with Crippen LogP contribution in [-0.4, -0.2) is 16.2 Å². The molecule has 5 nitrogen and oxygen atoms in total. The summed E-state index contributed by atoms with van der Waals surface area (Å²) in [6, 6.07) is 19.6. The van der Waals surface area contributed by atoms with Gasteiger partial charge in [-0.2, -0.15) is 0 Å². The summed E-state index contributed by atoms with van der Waals surface area (Å²) in [5.74, 6) is 0.286. The van der Waals surface area contributed by atoms with E-state index in [1.54, 1.807) is 67.8 Å². The molecule has 28 heavy (non-hydrogen) atoms. The number of benzene rings is 3. The van der Waals surface area contributed by atoms with E-state index in [0.717, 1.165) is 10.1 Å². The van der Waals surface area contributed by atoms with E-state index in [-0.39, 0.29) is 17.9 Å². The summed E-state index contributed by atoms with van der Waals surface area (Å²) in [4.78, 5) is 26.3. The van der Waals surface area contributed by atoms with Gasteiger partial charge in [-0.3, -0.25) is 9.36 Å². The Morgan fingerprint density at radius 3 is 2.25 bits per heavy atom. The molecule has 0 saturated heterocycles. The second-order valence-corrected chi connectivity index (χ2v) is 6.35. The molecule has 0 N–H and O–H groups in total. The Bertz CT molecular complexity index is 1260. The van der Waals surface area contributed by atoms with Crippen molar-refractivity contribution in [2.75, 3.05) is 7.11 Å². The molecule has 0 aliphatic heterocycles. The van der Waals surface area contributed by atoms with E-state index in [0.29, 0.717) is 22.3 Å². The van der Waals surface area contributed by atoms with Crippen molar-refractivity contribution in [2.45, 2.75) is 6.54 Å². The predicted octanol–water partition coefficient (Wildman–Crippen LogP) is 3.35. The second kappa shape index (κ2) is 7.15. The van der Waals surface area contributed by atoms with Crippen LogP contribution in [0.2, 0.25) is 0 Å².